The Morgan fingerprint density at radius 1 is 1.04 bits per heavy atom. The Morgan fingerprint density at radius 2 is 1.78 bits per heavy atom. The lowest BCUT2D eigenvalue weighted by molar-refractivity contribution is -0.122. The van der Waals surface area contributed by atoms with Crippen molar-refractivity contribution in [3.8, 4) is 11.3 Å². The summed E-state index contributed by atoms with van der Waals surface area (Å²) in [5.41, 5.74) is 1.97. The van der Waals surface area contributed by atoms with Crippen LogP contribution in [-0.2, 0) is 11.3 Å². The molecule has 0 saturated carbocycles. The quantitative estimate of drug-likeness (QED) is 0.389. The first kappa shape index (κ1) is 18.0. The van der Waals surface area contributed by atoms with Gasteiger partial charge in [0.05, 0.1) is 11.4 Å². The van der Waals surface area contributed by atoms with Crippen molar-refractivity contribution >= 4 is 51.9 Å². The molecule has 1 saturated heterocycles. The van der Waals surface area contributed by atoms with Gasteiger partial charge >= 0.3 is 0 Å². The van der Waals surface area contributed by atoms with Gasteiger partial charge in [-0.05, 0) is 42.0 Å². The van der Waals surface area contributed by atoms with Gasteiger partial charge in [0, 0.05) is 16.7 Å². The highest BCUT2D eigenvalue weighted by Crippen LogP contribution is 2.34. The van der Waals surface area contributed by atoms with Gasteiger partial charge in [0.15, 0.2) is 0 Å². The van der Waals surface area contributed by atoms with Crippen molar-refractivity contribution in [3.63, 3.8) is 0 Å². The molecule has 1 amide bonds. The number of halogens is 1. The fourth-order valence-corrected chi connectivity index (χ4v) is 4.09. The fourth-order valence-electron chi connectivity index (χ4n) is 2.73. The van der Waals surface area contributed by atoms with Crippen LogP contribution in [-0.4, -0.2) is 15.1 Å². The molecule has 134 valence electrons. The molecule has 0 spiro atoms. The largest absolute Gasteiger partial charge is 0.457 e. The molecule has 0 radical (unpaired) electrons. The predicted octanol–water partition coefficient (Wildman–Crippen LogP) is 6.00. The Balaban J connectivity index is 1.53. The molecule has 4 rings (SSSR count). The molecule has 0 unspecified atom stereocenters. The molecule has 3 aromatic rings. The first-order chi connectivity index (χ1) is 13.1. The summed E-state index contributed by atoms with van der Waals surface area (Å²) >= 11 is 12.6. The third kappa shape index (κ3) is 4.00. The lowest BCUT2D eigenvalue weighted by Crippen LogP contribution is -2.27. The van der Waals surface area contributed by atoms with E-state index < -0.39 is 0 Å². The number of thioether (sulfide) groups is 1. The molecular formula is C21H14ClNO2S2. The van der Waals surface area contributed by atoms with Crippen molar-refractivity contribution in [1.29, 1.82) is 0 Å². The molecule has 0 atom stereocenters. The molecule has 6 heteroatoms. The van der Waals surface area contributed by atoms with Crippen LogP contribution in [0.4, 0.5) is 0 Å². The summed E-state index contributed by atoms with van der Waals surface area (Å²) in [5, 5.41) is 0.674. The van der Waals surface area contributed by atoms with Crippen LogP contribution in [0.2, 0.25) is 5.02 Å². The molecule has 1 aromatic heterocycles. The number of thiocarbonyl (C=S) groups is 1. The van der Waals surface area contributed by atoms with Crippen molar-refractivity contribution < 1.29 is 9.21 Å². The van der Waals surface area contributed by atoms with E-state index >= 15 is 0 Å². The summed E-state index contributed by atoms with van der Waals surface area (Å²) < 4.78 is 6.42. The lowest BCUT2D eigenvalue weighted by Gasteiger charge is -2.14. The van der Waals surface area contributed by atoms with Crippen molar-refractivity contribution in [1.82, 2.24) is 4.90 Å². The maximum atomic E-state index is 12.7. The average molecular weight is 412 g/mol. The maximum absolute atomic E-state index is 12.7. The number of nitrogens with zero attached hydrogens (tertiary/aromatic N) is 1. The Labute approximate surface area is 171 Å². The molecular weight excluding hydrogens is 398 g/mol. The van der Waals surface area contributed by atoms with Gasteiger partial charge in [0.1, 0.15) is 15.8 Å². The summed E-state index contributed by atoms with van der Waals surface area (Å²) in [6.45, 7) is 0.469. The van der Waals surface area contributed by atoms with E-state index in [0.717, 1.165) is 16.9 Å². The number of carbonyl (C=O) groups is 1. The molecule has 2 heterocycles. The van der Waals surface area contributed by atoms with Crippen LogP contribution in [0.15, 0.2) is 76.1 Å². The summed E-state index contributed by atoms with van der Waals surface area (Å²) in [7, 11) is 0. The highest BCUT2D eigenvalue weighted by molar-refractivity contribution is 8.26. The minimum Gasteiger partial charge on any atom is -0.457 e. The summed E-state index contributed by atoms with van der Waals surface area (Å²) in [6, 6.07) is 20.9. The van der Waals surface area contributed by atoms with Gasteiger partial charge in [-0.1, -0.05) is 65.9 Å². The number of carbonyl (C=O) groups excluding carboxylic acids is 1. The van der Waals surface area contributed by atoms with Crippen LogP contribution in [0, 0.1) is 0 Å². The molecule has 0 bridgehead atoms. The van der Waals surface area contributed by atoms with Crippen LogP contribution < -0.4 is 0 Å². The molecule has 1 aliphatic rings. The molecule has 1 fully saturated rings. The molecule has 3 nitrogen and oxygen atoms in total. The highest BCUT2D eigenvalue weighted by Gasteiger charge is 2.32. The first-order valence-electron chi connectivity index (χ1n) is 8.25. The van der Waals surface area contributed by atoms with E-state index in [0.29, 0.717) is 26.6 Å². The van der Waals surface area contributed by atoms with Gasteiger partial charge in [-0.3, -0.25) is 9.69 Å². The van der Waals surface area contributed by atoms with E-state index in [2.05, 4.69) is 0 Å². The van der Waals surface area contributed by atoms with Crippen molar-refractivity contribution in [2.45, 2.75) is 6.54 Å². The van der Waals surface area contributed by atoms with E-state index in [-0.39, 0.29) is 5.91 Å². The van der Waals surface area contributed by atoms with E-state index in [1.165, 1.54) is 11.8 Å². The second kappa shape index (κ2) is 7.72. The maximum Gasteiger partial charge on any atom is 0.266 e. The number of amides is 1. The number of benzene rings is 2. The zero-order valence-corrected chi connectivity index (χ0v) is 16.5. The molecule has 0 aliphatic carbocycles. The van der Waals surface area contributed by atoms with E-state index in [1.54, 1.807) is 11.0 Å². The number of hydrogen-bond acceptors (Lipinski definition) is 4. The lowest BCUT2D eigenvalue weighted by atomic mass is 10.2. The van der Waals surface area contributed by atoms with Crippen LogP contribution in [0.1, 0.15) is 11.3 Å². The molecule has 1 aliphatic heterocycles. The number of hydrogen-bond donors (Lipinski definition) is 0. The van der Waals surface area contributed by atoms with E-state index in [9.17, 15) is 4.79 Å². The van der Waals surface area contributed by atoms with Gasteiger partial charge in [-0.25, -0.2) is 0 Å². The topological polar surface area (TPSA) is 33.5 Å². The zero-order valence-electron chi connectivity index (χ0n) is 14.1. The Morgan fingerprint density at radius 3 is 2.52 bits per heavy atom. The van der Waals surface area contributed by atoms with Crippen LogP contribution in [0.25, 0.3) is 17.4 Å². The van der Waals surface area contributed by atoms with Crippen molar-refractivity contribution in [2.24, 2.45) is 0 Å². The second-order valence-corrected chi connectivity index (χ2v) is 8.07. The summed E-state index contributed by atoms with van der Waals surface area (Å²) in [4.78, 5) is 14.9. The number of rotatable bonds is 4. The molecule has 2 aromatic carbocycles. The minimum atomic E-state index is -0.0988. The van der Waals surface area contributed by atoms with Crippen LogP contribution in [0.3, 0.4) is 0 Å². The average Bonchev–Trinajstić information content (AvgIpc) is 3.24. The predicted molar refractivity (Wildman–Crippen MR) is 114 cm³/mol. The highest BCUT2D eigenvalue weighted by atomic mass is 35.5. The second-order valence-electron chi connectivity index (χ2n) is 5.96. The smallest absolute Gasteiger partial charge is 0.266 e. The van der Waals surface area contributed by atoms with Gasteiger partial charge in [-0.2, -0.15) is 0 Å². The Kier molecular flexibility index (Phi) is 5.16. The van der Waals surface area contributed by atoms with Crippen LogP contribution >= 0.6 is 35.6 Å². The monoisotopic (exact) mass is 411 g/mol. The van der Waals surface area contributed by atoms with Gasteiger partial charge in [-0.15, -0.1) is 0 Å². The van der Waals surface area contributed by atoms with Gasteiger partial charge < -0.3 is 4.42 Å². The fraction of sp³-hybridized carbons (Fsp3) is 0.0476. The molecule has 0 N–H and O–H groups in total. The summed E-state index contributed by atoms with van der Waals surface area (Å²) in [6.07, 6.45) is 1.74. The number of furan rings is 1. The first-order valence-corrected chi connectivity index (χ1v) is 9.85. The summed E-state index contributed by atoms with van der Waals surface area (Å²) in [5.74, 6) is 1.23. The molecule has 27 heavy (non-hydrogen) atoms. The normalized spacial score (nSPS) is 15.7. The van der Waals surface area contributed by atoms with Gasteiger partial charge in [0.25, 0.3) is 5.91 Å². The van der Waals surface area contributed by atoms with Crippen molar-refractivity contribution in [3.05, 3.63) is 88.0 Å². The third-order valence-corrected chi connectivity index (χ3v) is 5.72. The minimum absolute atomic E-state index is 0.0988. The Bertz CT molecular complexity index is 1030. The Hall–Kier alpha value is -2.34. The zero-order chi connectivity index (χ0) is 18.8. The van der Waals surface area contributed by atoms with Gasteiger partial charge in [0.2, 0.25) is 0 Å². The van der Waals surface area contributed by atoms with E-state index in [4.69, 9.17) is 28.2 Å². The SMILES string of the molecule is O=C1/C(=C/c2ccc(-c3ccc(Cl)cc3)o2)SC(=S)N1Cc1ccccc1. The van der Waals surface area contributed by atoms with Crippen molar-refractivity contribution in [2.75, 3.05) is 0 Å². The third-order valence-electron chi connectivity index (χ3n) is 4.09. The standard InChI is InChI=1S/C21H14ClNO2S2/c22-16-8-6-15(7-9-16)18-11-10-17(25-18)12-19-20(24)23(21(26)27-19)13-14-4-2-1-3-5-14/h1-12H,13H2/b19-12-. The van der Waals surface area contributed by atoms with Crippen LogP contribution in [0.5, 0.6) is 0 Å². The van der Waals surface area contributed by atoms with E-state index in [1.807, 2.05) is 66.7 Å².